The van der Waals surface area contributed by atoms with E-state index in [1.807, 2.05) is 11.8 Å². The molecule has 0 aromatic rings. The molecular weight excluding hydrogens is 158 g/mol. The van der Waals surface area contributed by atoms with Crippen LogP contribution in [0.5, 0.6) is 0 Å². The van der Waals surface area contributed by atoms with Crippen molar-refractivity contribution in [2.24, 2.45) is 5.92 Å². The molecule has 0 saturated heterocycles. The van der Waals surface area contributed by atoms with Crippen LogP contribution >= 0.6 is 11.8 Å². The second kappa shape index (κ2) is 5.01. The van der Waals surface area contributed by atoms with E-state index in [0.717, 1.165) is 31.8 Å². The first-order chi connectivity index (χ1) is 5.33. The van der Waals surface area contributed by atoms with Crippen LogP contribution in [0.2, 0.25) is 0 Å². The summed E-state index contributed by atoms with van der Waals surface area (Å²) in [6.07, 6.45) is 4.13. The van der Waals surface area contributed by atoms with Crippen LogP contribution in [0.4, 0.5) is 0 Å². The van der Waals surface area contributed by atoms with Crippen molar-refractivity contribution < 1.29 is 5.11 Å². The van der Waals surface area contributed by atoms with Gasteiger partial charge in [-0.25, -0.2) is 0 Å². The summed E-state index contributed by atoms with van der Waals surface area (Å²) in [5.74, 6) is 1.93. The minimum atomic E-state index is 0.00218. The van der Waals surface area contributed by atoms with Crippen LogP contribution in [0.1, 0.15) is 12.8 Å². The SMILES string of the molecule is CSCCNCC1CC(O)C1. The van der Waals surface area contributed by atoms with Gasteiger partial charge in [0.2, 0.25) is 0 Å². The Morgan fingerprint density at radius 1 is 1.55 bits per heavy atom. The highest BCUT2D eigenvalue weighted by Gasteiger charge is 2.26. The summed E-state index contributed by atoms with van der Waals surface area (Å²) in [5.41, 5.74) is 0. The molecule has 3 heteroatoms. The molecule has 1 saturated carbocycles. The van der Waals surface area contributed by atoms with Crippen LogP contribution in [0.3, 0.4) is 0 Å². The van der Waals surface area contributed by atoms with Crippen molar-refractivity contribution in [3.8, 4) is 0 Å². The van der Waals surface area contributed by atoms with Gasteiger partial charge in [-0.1, -0.05) is 0 Å². The van der Waals surface area contributed by atoms with Crippen molar-refractivity contribution >= 4 is 11.8 Å². The van der Waals surface area contributed by atoms with E-state index in [1.165, 1.54) is 5.75 Å². The summed E-state index contributed by atoms with van der Waals surface area (Å²) in [5, 5.41) is 12.4. The van der Waals surface area contributed by atoms with Gasteiger partial charge in [0, 0.05) is 12.3 Å². The fourth-order valence-electron chi connectivity index (χ4n) is 1.35. The number of aliphatic hydroxyl groups excluding tert-OH is 1. The number of thioether (sulfide) groups is 1. The molecule has 66 valence electrons. The summed E-state index contributed by atoms with van der Waals surface area (Å²) in [4.78, 5) is 0. The highest BCUT2D eigenvalue weighted by molar-refractivity contribution is 7.98. The van der Waals surface area contributed by atoms with E-state index >= 15 is 0 Å². The minimum absolute atomic E-state index is 0.00218. The van der Waals surface area contributed by atoms with Gasteiger partial charge in [-0.15, -0.1) is 0 Å². The van der Waals surface area contributed by atoms with Gasteiger partial charge >= 0.3 is 0 Å². The van der Waals surface area contributed by atoms with E-state index in [9.17, 15) is 0 Å². The monoisotopic (exact) mass is 175 g/mol. The molecule has 0 aliphatic heterocycles. The summed E-state index contributed by atoms with van der Waals surface area (Å²) in [6.45, 7) is 2.20. The first-order valence-corrected chi connectivity index (χ1v) is 5.60. The normalized spacial score (nSPS) is 30.0. The maximum Gasteiger partial charge on any atom is 0.0546 e. The van der Waals surface area contributed by atoms with Crippen LogP contribution in [0.15, 0.2) is 0 Å². The smallest absolute Gasteiger partial charge is 0.0546 e. The molecule has 11 heavy (non-hydrogen) atoms. The molecule has 2 N–H and O–H groups in total. The highest BCUT2D eigenvalue weighted by atomic mass is 32.2. The zero-order valence-corrected chi connectivity index (χ0v) is 7.86. The number of hydrogen-bond acceptors (Lipinski definition) is 3. The number of nitrogens with one attached hydrogen (secondary N) is 1. The quantitative estimate of drug-likeness (QED) is 0.604. The molecule has 1 rings (SSSR count). The average molecular weight is 175 g/mol. The third-order valence-corrected chi connectivity index (χ3v) is 2.74. The lowest BCUT2D eigenvalue weighted by atomic mass is 9.82. The molecule has 0 heterocycles. The van der Waals surface area contributed by atoms with Crippen LogP contribution in [-0.4, -0.2) is 36.3 Å². The summed E-state index contributed by atoms with van der Waals surface area (Å²) in [7, 11) is 0. The number of aliphatic hydroxyl groups is 1. The third kappa shape index (κ3) is 3.45. The number of hydrogen-bond donors (Lipinski definition) is 2. The molecule has 2 nitrogen and oxygen atoms in total. The zero-order chi connectivity index (χ0) is 8.10. The van der Waals surface area contributed by atoms with Gasteiger partial charge in [0.05, 0.1) is 6.10 Å². The van der Waals surface area contributed by atoms with E-state index in [1.54, 1.807) is 0 Å². The lowest BCUT2D eigenvalue weighted by Gasteiger charge is -2.31. The van der Waals surface area contributed by atoms with Gasteiger partial charge in [0.1, 0.15) is 0 Å². The van der Waals surface area contributed by atoms with Gasteiger partial charge in [-0.05, 0) is 31.6 Å². The molecule has 1 aliphatic rings. The van der Waals surface area contributed by atoms with Crippen molar-refractivity contribution in [1.29, 1.82) is 0 Å². The topological polar surface area (TPSA) is 32.3 Å². The molecule has 0 amide bonds. The van der Waals surface area contributed by atoms with E-state index < -0.39 is 0 Å². The van der Waals surface area contributed by atoms with Crippen LogP contribution in [0, 0.1) is 5.92 Å². The Labute approximate surface area is 72.8 Å². The van der Waals surface area contributed by atoms with Crippen molar-refractivity contribution in [2.45, 2.75) is 18.9 Å². The molecule has 1 fully saturated rings. The Hall–Kier alpha value is 0.270. The first-order valence-electron chi connectivity index (χ1n) is 4.20. The molecular formula is C8H17NOS. The molecule has 1 aliphatic carbocycles. The van der Waals surface area contributed by atoms with Crippen LogP contribution < -0.4 is 5.32 Å². The molecule has 0 bridgehead atoms. The average Bonchev–Trinajstić information content (AvgIpc) is 1.94. The van der Waals surface area contributed by atoms with Crippen LogP contribution in [-0.2, 0) is 0 Å². The standard InChI is InChI=1S/C8H17NOS/c1-11-3-2-9-6-7-4-8(10)5-7/h7-10H,2-6H2,1H3. The molecule has 0 aromatic heterocycles. The Bertz CT molecular complexity index is 104. The molecule has 0 atom stereocenters. The van der Waals surface area contributed by atoms with Crippen molar-refractivity contribution in [3.05, 3.63) is 0 Å². The van der Waals surface area contributed by atoms with Crippen molar-refractivity contribution in [2.75, 3.05) is 25.1 Å². The Morgan fingerprint density at radius 3 is 2.82 bits per heavy atom. The van der Waals surface area contributed by atoms with Crippen molar-refractivity contribution in [1.82, 2.24) is 5.32 Å². The van der Waals surface area contributed by atoms with Gasteiger partial charge in [0.25, 0.3) is 0 Å². The minimum Gasteiger partial charge on any atom is -0.393 e. The summed E-state index contributed by atoms with van der Waals surface area (Å²) >= 11 is 1.87. The van der Waals surface area contributed by atoms with E-state index in [4.69, 9.17) is 5.11 Å². The molecule has 0 spiro atoms. The van der Waals surface area contributed by atoms with Gasteiger partial charge in [0.15, 0.2) is 0 Å². The van der Waals surface area contributed by atoms with E-state index in [2.05, 4.69) is 11.6 Å². The Morgan fingerprint density at radius 2 is 2.27 bits per heavy atom. The summed E-state index contributed by atoms with van der Waals surface area (Å²) < 4.78 is 0. The van der Waals surface area contributed by atoms with Crippen LogP contribution in [0.25, 0.3) is 0 Å². The largest absolute Gasteiger partial charge is 0.393 e. The maximum absolute atomic E-state index is 8.99. The lowest BCUT2D eigenvalue weighted by Crippen LogP contribution is -2.36. The summed E-state index contributed by atoms with van der Waals surface area (Å²) in [6, 6.07) is 0. The molecule has 0 radical (unpaired) electrons. The second-order valence-corrected chi connectivity index (χ2v) is 4.17. The number of rotatable bonds is 5. The fraction of sp³-hybridized carbons (Fsp3) is 1.00. The zero-order valence-electron chi connectivity index (χ0n) is 7.05. The Balaban J connectivity index is 1.81. The predicted molar refractivity (Wildman–Crippen MR) is 50.0 cm³/mol. The van der Waals surface area contributed by atoms with Crippen molar-refractivity contribution in [3.63, 3.8) is 0 Å². The third-order valence-electron chi connectivity index (χ3n) is 2.13. The lowest BCUT2D eigenvalue weighted by molar-refractivity contribution is 0.0434. The first kappa shape index (κ1) is 9.36. The fourth-order valence-corrected chi connectivity index (χ4v) is 1.70. The van der Waals surface area contributed by atoms with Gasteiger partial charge in [-0.3, -0.25) is 0 Å². The highest BCUT2D eigenvalue weighted by Crippen LogP contribution is 2.25. The van der Waals surface area contributed by atoms with Gasteiger partial charge < -0.3 is 10.4 Å². The van der Waals surface area contributed by atoms with Gasteiger partial charge in [-0.2, -0.15) is 11.8 Å². The van der Waals surface area contributed by atoms with E-state index in [0.29, 0.717) is 0 Å². The van der Waals surface area contributed by atoms with E-state index in [-0.39, 0.29) is 6.10 Å². The molecule has 0 unspecified atom stereocenters. The molecule has 0 aromatic carbocycles. The Kier molecular flexibility index (Phi) is 4.26. The maximum atomic E-state index is 8.99. The second-order valence-electron chi connectivity index (χ2n) is 3.19. The predicted octanol–water partition coefficient (Wildman–Crippen LogP) is 0.710.